The van der Waals surface area contributed by atoms with Crippen molar-refractivity contribution in [1.29, 1.82) is 0 Å². The van der Waals surface area contributed by atoms with Crippen LogP contribution in [0.1, 0.15) is 200 Å². The van der Waals surface area contributed by atoms with Crippen LogP contribution in [0, 0.1) is 0 Å². The van der Waals surface area contributed by atoms with Crippen molar-refractivity contribution in [2.75, 3.05) is 66.6 Å². The monoisotopic (exact) mass is 715 g/mol. The van der Waals surface area contributed by atoms with E-state index < -0.39 is 0 Å². The summed E-state index contributed by atoms with van der Waals surface area (Å²) in [5, 5.41) is 0. The second kappa shape index (κ2) is 44.4. The molecule has 1 atom stereocenters. The topological polar surface area (TPSA) is 72.5 Å². The van der Waals surface area contributed by atoms with Gasteiger partial charge in [0.2, 0.25) is 0 Å². The highest BCUT2D eigenvalue weighted by Crippen LogP contribution is 2.15. The zero-order chi connectivity index (χ0) is 36.3. The SMILES string of the molecule is CCCCCCCCCCCCCCCCOC[C@H](COC(=O)CCOCCOCCOC)OCCCCCCCCCCCCCCCC. The second-order valence-corrected chi connectivity index (χ2v) is 14.4. The molecule has 0 N–H and O–H groups in total. The number of methoxy groups -OCH3 is 1. The maximum atomic E-state index is 12.3. The third-order valence-corrected chi connectivity index (χ3v) is 9.48. The van der Waals surface area contributed by atoms with Gasteiger partial charge in [0.15, 0.2) is 0 Å². The fraction of sp³-hybridized carbons (Fsp3) is 0.977. The van der Waals surface area contributed by atoms with E-state index in [4.69, 9.17) is 28.4 Å². The van der Waals surface area contributed by atoms with Crippen LogP contribution in [0.5, 0.6) is 0 Å². The first kappa shape index (κ1) is 49.3. The Kier molecular flexibility index (Phi) is 43.8. The highest BCUT2D eigenvalue weighted by molar-refractivity contribution is 5.69. The number of hydrogen-bond donors (Lipinski definition) is 0. The van der Waals surface area contributed by atoms with Gasteiger partial charge < -0.3 is 28.4 Å². The summed E-state index contributed by atoms with van der Waals surface area (Å²) >= 11 is 0. The Hall–Kier alpha value is -0.730. The normalized spacial score (nSPS) is 12.1. The Balaban J connectivity index is 4.01. The zero-order valence-electron chi connectivity index (χ0n) is 33.8. The molecule has 0 unspecified atom stereocenters. The molecule has 50 heavy (non-hydrogen) atoms. The first-order valence-electron chi connectivity index (χ1n) is 21.7. The molecule has 7 heteroatoms. The summed E-state index contributed by atoms with van der Waals surface area (Å²) < 4.78 is 33.5. The molecule has 0 heterocycles. The van der Waals surface area contributed by atoms with E-state index in [1.165, 1.54) is 167 Å². The molecule has 0 rings (SSSR count). The summed E-state index contributed by atoms with van der Waals surface area (Å²) in [6, 6.07) is 0. The summed E-state index contributed by atoms with van der Waals surface area (Å²) in [7, 11) is 1.65. The van der Waals surface area contributed by atoms with Crippen molar-refractivity contribution in [3.63, 3.8) is 0 Å². The molecular weight excluding hydrogens is 628 g/mol. The van der Waals surface area contributed by atoms with Gasteiger partial charge in [-0.25, -0.2) is 0 Å². The van der Waals surface area contributed by atoms with Crippen molar-refractivity contribution in [3.8, 4) is 0 Å². The number of unbranched alkanes of at least 4 members (excludes halogenated alkanes) is 26. The minimum atomic E-state index is -0.262. The van der Waals surface area contributed by atoms with Crippen LogP contribution in [0.25, 0.3) is 0 Å². The minimum absolute atomic E-state index is 0.220. The first-order valence-corrected chi connectivity index (χ1v) is 21.7. The van der Waals surface area contributed by atoms with E-state index >= 15 is 0 Å². The van der Waals surface area contributed by atoms with Gasteiger partial charge in [0.25, 0.3) is 0 Å². The van der Waals surface area contributed by atoms with Gasteiger partial charge in [-0.2, -0.15) is 0 Å². The molecule has 0 aromatic rings. The molecule has 0 amide bonds. The van der Waals surface area contributed by atoms with Crippen LogP contribution in [-0.2, 0) is 33.2 Å². The van der Waals surface area contributed by atoms with Crippen molar-refractivity contribution in [2.24, 2.45) is 0 Å². The fourth-order valence-corrected chi connectivity index (χ4v) is 6.18. The molecular formula is C43H86O7. The standard InChI is InChI=1S/C43H86O7/c1-4-6-8-10-12-14-16-18-20-22-24-26-28-30-33-48-40-42(41-50-43(44)32-35-46-38-39-47-37-36-45-3)49-34-31-29-27-25-23-21-19-17-15-13-11-9-7-5-2/h42H,4-41H2,1-3H3/t42-/m1/s1. The Morgan fingerprint density at radius 2 is 0.780 bits per heavy atom. The van der Waals surface area contributed by atoms with Crippen LogP contribution in [0.2, 0.25) is 0 Å². The molecule has 0 aliphatic rings. The number of esters is 1. The van der Waals surface area contributed by atoms with Gasteiger partial charge in [0.05, 0.1) is 46.1 Å². The predicted molar refractivity (Wildman–Crippen MR) is 210 cm³/mol. The van der Waals surface area contributed by atoms with Gasteiger partial charge in [-0.05, 0) is 12.8 Å². The van der Waals surface area contributed by atoms with Crippen molar-refractivity contribution < 1.29 is 33.2 Å². The van der Waals surface area contributed by atoms with E-state index in [1.54, 1.807) is 7.11 Å². The molecule has 0 aromatic carbocycles. The fourth-order valence-electron chi connectivity index (χ4n) is 6.18. The summed E-state index contributed by atoms with van der Waals surface area (Å²) in [4.78, 5) is 12.3. The maximum Gasteiger partial charge on any atom is 0.308 e. The molecule has 0 bridgehead atoms. The summed E-state index contributed by atoms with van der Waals surface area (Å²) in [5.74, 6) is -0.262. The van der Waals surface area contributed by atoms with E-state index in [2.05, 4.69) is 13.8 Å². The van der Waals surface area contributed by atoms with Crippen molar-refractivity contribution >= 4 is 5.97 Å². The van der Waals surface area contributed by atoms with E-state index in [0.717, 1.165) is 19.4 Å². The van der Waals surface area contributed by atoms with Gasteiger partial charge in [-0.15, -0.1) is 0 Å². The highest BCUT2D eigenvalue weighted by Gasteiger charge is 2.13. The Labute approximate surface area is 311 Å². The van der Waals surface area contributed by atoms with Crippen molar-refractivity contribution in [1.82, 2.24) is 0 Å². The lowest BCUT2D eigenvalue weighted by atomic mass is 10.0. The van der Waals surface area contributed by atoms with Crippen LogP contribution >= 0.6 is 0 Å². The predicted octanol–water partition coefficient (Wildman–Crippen LogP) is 12.0. The highest BCUT2D eigenvalue weighted by atomic mass is 16.6. The zero-order valence-corrected chi connectivity index (χ0v) is 33.8. The second-order valence-electron chi connectivity index (χ2n) is 14.4. The van der Waals surface area contributed by atoms with Crippen LogP contribution < -0.4 is 0 Å². The number of hydrogen-bond acceptors (Lipinski definition) is 7. The molecule has 0 spiro atoms. The number of rotatable bonds is 44. The molecule has 0 saturated carbocycles. The van der Waals surface area contributed by atoms with E-state index in [0.29, 0.717) is 46.2 Å². The van der Waals surface area contributed by atoms with E-state index in [-0.39, 0.29) is 25.1 Å². The number of carbonyl (C=O) groups is 1. The Morgan fingerprint density at radius 3 is 1.22 bits per heavy atom. The van der Waals surface area contributed by atoms with Gasteiger partial charge in [-0.1, -0.05) is 181 Å². The first-order chi connectivity index (χ1) is 24.7. The average molecular weight is 715 g/mol. The molecule has 300 valence electrons. The lowest BCUT2D eigenvalue weighted by Gasteiger charge is -2.18. The lowest BCUT2D eigenvalue weighted by molar-refractivity contribution is -0.151. The average Bonchev–Trinajstić information content (AvgIpc) is 3.12. The molecule has 0 aromatic heterocycles. The number of ether oxygens (including phenoxy) is 6. The minimum Gasteiger partial charge on any atom is -0.463 e. The largest absolute Gasteiger partial charge is 0.463 e. The number of carbonyl (C=O) groups excluding carboxylic acids is 1. The van der Waals surface area contributed by atoms with Crippen LogP contribution in [0.4, 0.5) is 0 Å². The van der Waals surface area contributed by atoms with Gasteiger partial charge >= 0.3 is 5.97 Å². The van der Waals surface area contributed by atoms with Gasteiger partial charge in [-0.3, -0.25) is 4.79 Å². The third-order valence-electron chi connectivity index (χ3n) is 9.48. The van der Waals surface area contributed by atoms with Gasteiger partial charge in [0.1, 0.15) is 12.7 Å². The van der Waals surface area contributed by atoms with Gasteiger partial charge in [0, 0.05) is 20.3 Å². The maximum absolute atomic E-state index is 12.3. The smallest absolute Gasteiger partial charge is 0.308 e. The molecule has 0 aliphatic carbocycles. The molecule has 0 radical (unpaired) electrons. The molecule has 0 fully saturated rings. The Bertz CT molecular complexity index is 632. The van der Waals surface area contributed by atoms with E-state index in [1.807, 2.05) is 0 Å². The van der Waals surface area contributed by atoms with Crippen molar-refractivity contribution in [2.45, 2.75) is 206 Å². The summed E-state index contributed by atoms with van der Waals surface area (Å²) in [6.45, 7) is 9.09. The lowest BCUT2D eigenvalue weighted by Crippen LogP contribution is -2.28. The quantitative estimate of drug-likeness (QED) is 0.0459. The third kappa shape index (κ3) is 41.7. The summed E-state index contributed by atoms with van der Waals surface area (Å²) in [6.07, 6.45) is 37.7. The summed E-state index contributed by atoms with van der Waals surface area (Å²) in [5.41, 5.74) is 0. The molecule has 0 saturated heterocycles. The van der Waals surface area contributed by atoms with Crippen LogP contribution in [0.3, 0.4) is 0 Å². The molecule has 7 nitrogen and oxygen atoms in total. The Morgan fingerprint density at radius 1 is 0.400 bits per heavy atom. The van der Waals surface area contributed by atoms with Crippen molar-refractivity contribution in [3.05, 3.63) is 0 Å². The van der Waals surface area contributed by atoms with Crippen LogP contribution in [-0.4, -0.2) is 78.6 Å². The molecule has 0 aliphatic heterocycles. The van der Waals surface area contributed by atoms with Crippen LogP contribution in [0.15, 0.2) is 0 Å². The van der Waals surface area contributed by atoms with E-state index in [9.17, 15) is 4.79 Å².